The van der Waals surface area contributed by atoms with Crippen LogP contribution in [0, 0.1) is 0 Å². The Morgan fingerprint density at radius 1 is 1.47 bits per heavy atom. The first kappa shape index (κ1) is 14.0. The number of nitrogens with zero attached hydrogens (tertiary/aromatic N) is 3. The minimum Gasteiger partial charge on any atom is -0.394 e. The van der Waals surface area contributed by atoms with Crippen molar-refractivity contribution in [2.75, 3.05) is 30.4 Å². The van der Waals surface area contributed by atoms with E-state index in [2.05, 4.69) is 22.2 Å². The average Bonchev–Trinajstić information content (AvgIpc) is 2.90. The van der Waals surface area contributed by atoms with Crippen LogP contribution in [0.2, 0.25) is 0 Å². The van der Waals surface area contributed by atoms with Crippen LogP contribution < -0.4 is 10.2 Å². The van der Waals surface area contributed by atoms with E-state index in [1.807, 2.05) is 30.3 Å². The van der Waals surface area contributed by atoms with Crippen LogP contribution >= 0.6 is 11.3 Å². The van der Waals surface area contributed by atoms with Gasteiger partial charge in [-0.25, -0.2) is 4.98 Å². The Morgan fingerprint density at radius 2 is 2.26 bits per heavy atom. The van der Waals surface area contributed by atoms with Crippen LogP contribution in [0.5, 0.6) is 0 Å². The van der Waals surface area contributed by atoms with Crippen LogP contribution in [-0.2, 0) is 0 Å². The summed E-state index contributed by atoms with van der Waals surface area (Å²) < 4.78 is 0. The molecule has 2 heterocycles. The molecule has 1 unspecified atom stereocenters. The number of likely N-dealkylation sites (N-methyl/N-ethyl adjacent to an activating group) is 1. The molecule has 0 spiro atoms. The standard InChI is InChI=1S/C13H20N4OS/c1-4-6-14-13-15-11(17(3)9(2)8-18)10-5-7-19-12(10)16-13/h5,7,9,18H,4,6,8H2,1-3H3,(H,14,15,16). The Kier molecular flexibility index (Phi) is 4.55. The van der Waals surface area contributed by atoms with Crippen molar-refractivity contribution in [3.63, 3.8) is 0 Å². The number of anilines is 2. The molecule has 0 bridgehead atoms. The molecule has 1 atom stereocenters. The molecule has 2 N–H and O–H groups in total. The highest BCUT2D eigenvalue weighted by molar-refractivity contribution is 7.16. The second-order valence-corrected chi connectivity index (χ2v) is 5.47. The van der Waals surface area contributed by atoms with Crippen LogP contribution in [0.3, 0.4) is 0 Å². The van der Waals surface area contributed by atoms with Gasteiger partial charge in [0.25, 0.3) is 0 Å². The Balaban J connectivity index is 2.41. The zero-order chi connectivity index (χ0) is 13.8. The van der Waals surface area contributed by atoms with Crippen LogP contribution in [0.15, 0.2) is 11.4 Å². The van der Waals surface area contributed by atoms with E-state index in [-0.39, 0.29) is 12.6 Å². The lowest BCUT2D eigenvalue weighted by Crippen LogP contribution is -2.32. The fourth-order valence-corrected chi connectivity index (χ4v) is 2.51. The van der Waals surface area contributed by atoms with E-state index < -0.39 is 0 Å². The summed E-state index contributed by atoms with van der Waals surface area (Å²) in [6.45, 7) is 5.04. The van der Waals surface area contributed by atoms with Gasteiger partial charge in [-0.2, -0.15) is 4.98 Å². The molecule has 0 saturated heterocycles. The largest absolute Gasteiger partial charge is 0.394 e. The Labute approximate surface area is 117 Å². The zero-order valence-corrected chi connectivity index (χ0v) is 12.4. The summed E-state index contributed by atoms with van der Waals surface area (Å²) in [6, 6.07) is 2.05. The monoisotopic (exact) mass is 280 g/mol. The SMILES string of the molecule is CCCNc1nc(N(C)C(C)CO)c2ccsc2n1. The van der Waals surface area contributed by atoms with E-state index in [1.54, 1.807) is 11.3 Å². The van der Waals surface area contributed by atoms with Crippen molar-refractivity contribution < 1.29 is 5.11 Å². The summed E-state index contributed by atoms with van der Waals surface area (Å²) in [4.78, 5) is 12.1. The molecule has 0 aliphatic heterocycles. The molecule has 0 radical (unpaired) electrons. The number of fused-ring (bicyclic) bond motifs is 1. The molecular formula is C13H20N4OS. The van der Waals surface area contributed by atoms with Gasteiger partial charge in [0.1, 0.15) is 10.6 Å². The van der Waals surface area contributed by atoms with Crippen molar-refractivity contribution in [1.82, 2.24) is 9.97 Å². The molecule has 0 saturated carbocycles. The van der Waals surface area contributed by atoms with Crippen molar-refractivity contribution in [2.45, 2.75) is 26.3 Å². The minimum absolute atomic E-state index is 0.0250. The normalized spacial score (nSPS) is 12.6. The van der Waals surface area contributed by atoms with Gasteiger partial charge in [0.2, 0.25) is 5.95 Å². The fourth-order valence-electron chi connectivity index (χ4n) is 1.76. The number of rotatable bonds is 6. The lowest BCUT2D eigenvalue weighted by atomic mass is 10.3. The first-order valence-corrected chi connectivity index (χ1v) is 7.38. The molecule has 5 nitrogen and oxygen atoms in total. The van der Waals surface area contributed by atoms with Crippen molar-refractivity contribution >= 4 is 33.3 Å². The van der Waals surface area contributed by atoms with E-state index in [9.17, 15) is 5.11 Å². The van der Waals surface area contributed by atoms with E-state index in [0.717, 1.165) is 29.0 Å². The fraction of sp³-hybridized carbons (Fsp3) is 0.538. The highest BCUT2D eigenvalue weighted by Crippen LogP contribution is 2.29. The molecule has 104 valence electrons. The Hall–Kier alpha value is -1.40. The van der Waals surface area contributed by atoms with E-state index in [4.69, 9.17) is 0 Å². The summed E-state index contributed by atoms with van der Waals surface area (Å²) >= 11 is 1.61. The van der Waals surface area contributed by atoms with Crippen molar-refractivity contribution in [1.29, 1.82) is 0 Å². The van der Waals surface area contributed by atoms with Crippen LogP contribution in [-0.4, -0.2) is 41.3 Å². The number of thiophene rings is 1. The molecule has 19 heavy (non-hydrogen) atoms. The molecule has 0 aliphatic rings. The molecule has 0 amide bonds. The second kappa shape index (κ2) is 6.16. The molecule has 6 heteroatoms. The highest BCUT2D eigenvalue weighted by atomic mass is 32.1. The van der Waals surface area contributed by atoms with Gasteiger partial charge in [0.15, 0.2) is 0 Å². The van der Waals surface area contributed by atoms with Gasteiger partial charge in [-0.3, -0.25) is 0 Å². The molecule has 2 aromatic heterocycles. The molecular weight excluding hydrogens is 260 g/mol. The minimum atomic E-state index is 0.0250. The number of hydrogen-bond acceptors (Lipinski definition) is 6. The number of aromatic nitrogens is 2. The van der Waals surface area contributed by atoms with Crippen molar-refractivity contribution in [2.24, 2.45) is 0 Å². The van der Waals surface area contributed by atoms with Crippen LogP contribution in [0.25, 0.3) is 10.2 Å². The molecule has 0 aliphatic carbocycles. The predicted octanol–water partition coefficient (Wildman–Crippen LogP) is 2.33. The van der Waals surface area contributed by atoms with E-state index in [1.165, 1.54) is 0 Å². The van der Waals surface area contributed by atoms with Gasteiger partial charge in [-0.05, 0) is 24.8 Å². The lowest BCUT2D eigenvalue weighted by molar-refractivity contribution is 0.270. The zero-order valence-electron chi connectivity index (χ0n) is 11.6. The molecule has 2 rings (SSSR count). The third kappa shape index (κ3) is 2.96. The van der Waals surface area contributed by atoms with Crippen LogP contribution in [0.1, 0.15) is 20.3 Å². The maximum absolute atomic E-state index is 9.30. The number of nitrogens with one attached hydrogen (secondary N) is 1. The third-order valence-corrected chi connectivity index (χ3v) is 3.90. The summed E-state index contributed by atoms with van der Waals surface area (Å²) in [5.74, 6) is 1.52. The Bertz CT molecular complexity index is 542. The maximum Gasteiger partial charge on any atom is 0.226 e. The quantitative estimate of drug-likeness (QED) is 0.850. The second-order valence-electron chi connectivity index (χ2n) is 4.58. The van der Waals surface area contributed by atoms with Gasteiger partial charge < -0.3 is 15.3 Å². The maximum atomic E-state index is 9.30. The predicted molar refractivity (Wildman–Crippen MR) is 81.1 cm³/mol. The molecule has 2 aromatic rings. The lowest BCUT2D eigenvalue weighted by Gasteiger charge is -2.25. The summed E-state index contributed by atoms with van der Waals surface area (Å²) in [6.07, 6.45) is 1.03. The Morgan fingerprint density at radius 3 is 2.95 bits per heavy atom. The smallest absolute Gasteiger partial charge is 0.226 e. The van der Waals surface area contributed by atoms with E-state index in [0.29, 0.717) is 5.95 Å². The summed E-state index contributed by atoms with van der Waals surface area (Å²) in [5, 5.41) is 15.6. The first-order chi connectivity index (χ1) is 9.17. The highest BCUT2D eigenvalue weighted by Gasteiger charge is 2.16. The summed E-state index contributed by atoms with van der Waals surface area (Å²) in [5.41, 5.74) is 0. The number of aliphatic hydroxyl groups is 1. The van der Waals surface area contributed by atoms with Gasteiger partial charge in [0, 0.05) is 13.6 Å². The van der Waals surface area contributed by atoms with Gasteiger partial charge in [-0.1, -0.05) is 6.92 Å². The van der Waals surface area contributed by atoms with E-state index >= 15 is 0 Å². The van der Waals surface area contributed by atoms with Gasteiger partial charge in [-0.15, -0.1) is 11.3 Å². The summed E-state index contributed by atoms with van der Waals surface area (Å²) in [7, 11) is 1.95. The van der Waals surface area contributed by atoms with Gasteiger partial charge in [0.05, 0.1) is 18.0 Å². The third-order valence-electron chi connectivity index (χ3n) is 3.10. The topological polar surface area (TPSA) is 61.3 Å². The molecule has 0 aromatic carbocycles. The van der Waals surface area contributed by atoms with Crippen LogP contribution in [0.4, 0.5) is 11.8 Å². The van der Waals surface area contributed by atoms with Gasteiger partial charge >= 0.3 is 0 Å². The number of hydrogen-bond donors (Lipinski definition) is 2. The average molecular weight is 280 g/mol. The first-order valence-electron chi connectivity index (χ1n) is 6.50. The van der Waals surface area contributed by atoms with Crippen molar-refractivity contribution in [3.05, 3.63) is 11.4 Å². The van der Waals surface area contributed by atoms with Crippen molar-refractivity contribution in [3.8, 4) is 0 Å². The number of aliphatic hydroxyl groups excluding tert-OH is 1. The molecule has 0 fully saturated rings.